The van der Waals surface area contributed by atoms with Crippen molar-refractivity contribution in [1.29, 1.82) is 0 Å². The summed E-state index contributed by atoms with van der Waals surface area (Å²) >= 11 is 0. The van der Waals surface area contributed by atoms with Crippen LogP contribution in [-0.2, 0) is 19.2 Å². The number of anilines is 1. The third kappa shape index (κ3) is 3.59. The first-order valence-electron chi connectivity index (χ1n) is 8.93. The van der Waals surface area contributed by atoms with Crippen LogP contribution in [0.2, 0.25) is 0 Å². The van der Waals surface area contributed by atoms with Crippen LogP contribution in [0.25, 0.3) is 0 Å². The quantitative estimate of drug-likeness (QED) is 0.457. The molecule has 1 fully saturated rings. The van der Waals surface area contributed by atoms with Crippen LogP contribution in [-0.4, -0.2) is 76.6 Å². The molecule has 0 radical (unpaired) electrons. The standard InChI is InChI=1S/C18H23N3O7/c1-3-21-11-7-5-4-6-10(11)13(17(21)26)20-28-18-14(19-9(2)23)16(25)15(24)12(8-22)27-18/h4-7,12,14-16,18,22,24-25H,3,8H2,1-2H3,(H,19,23)/b20-13-/t12-,14-,15+,16-,18-/m0/s1. The Bertz CT molecular complexity index is 784. The van der Waals surface area contributed by atoms with E-state index in [0.29, 0.717) is 17.8 Å². The summed E-state index contributed by atoms with van der Waals surface area (Å²) in [4.78, 5) is 31.0. The minimum absolute atomic E-state index is 0.0591. The zero-order valence-corrected chi connectivity index (χ0v) is 15.5. The van der Waals surface area contributed by atoms with Gasteiger partial charge in [-0.2, -0.15) is 0 Å². The van der Waals surface area contributed by atoms with Gasteiger partial charge in [0, 0.05) is 19.0 Å². The molecule has 2 heterocycles. The molecule has 10 nitrogen and oxygen atoms in total. The number of ether oxygens (including phenoxy) is 1. The van der Waals surface area contributed by atoms with Gasteiger partial charge in [-0.1, -0.05) is 23.4 Å². The van der Waals surface area contributed by atoms with Gasteiger partial charge in [-0.15, -0.1) is 0 Å². The van der Waals surface area contributed by atoms with Crippen molar-refractivity contribution in [2.75, 3.05) is 18.1 Å². The van der Waals surface area contributed by atoms with Gasteiger partial charge in [0.15, 0.2) is 5.71 Å². The second-order valence-electron chi connectivity index (χ2n) is 6.54. The normalized spacial score (nSPS) is 31.0. The minimum atomic E-state index is -1.46. The number of oxime groups is 1. The Labute approximate surface area is 161 Å². The lowest BCUT2D eigenvalue weighted by Gasteiger charge is -2.40. The molecule has 1 saturated heterocycles. The fraction of sp³-hybridized carbons (Fsp3) is 0.500. The Hall–Kier alpha value is -2.53. The van der Waals surface area contributed by atoms with E-state index in [9.17, 15) is 24.9 Å². The highest BCUT2D eigenvalue weighted by atomic mass is 16.8. The number of rotatable bonds is 5. The molecule has 28 heavy (non-hydrogen) atoms. The fourth-order valence-electron chi connectivity index (χ4n) is 3.33. The maximum absolute atomic E-state index is 12.6. The molecular weight excluding hydrogens is 370 g/mol. The van der Waals surface area contributed by atoms with Crippen LogP contribution in [0.1, 0.15) is 19.4 Å². The van der Waals surface area contributed by atoms with Crippen LogP contribution in [0.15, 0.2) is 29.4 Å². The monoisotopic (exact) mass is 393 g/mol. The summed E-state index contributed by atoms with van der Waals surface area (Å²) in [5.41, 5.74) is 1.34. The molecule has 2 aliphatic rings. The number of likely N-dealkylation sites (N-methyl/N-ethyl adjacent to an activating group) is 1. The largest absolute Gasteiger partial charge is 0.394 e. The molecular formula is C18H23N3O7. The number of carbonyl (C=O) groups excluding carboxylic acids is 2. The van der Waals surface area contributed by atoms with Gasteiger partial charge in [-0.3, -0.25) is 9.59 Å². The Kier molecular flexibility index (Phi) is 5.94. The molecule has 0 unspecified atom stereocenters. The van der Waals surface area contributed by atoms with E-state index in [2.05, 4.69) is 10.5 Å². The highest BCUT2D eigenvalue weighted by Crippen LogP contribution is 2.29. The number of aliphatic hydroxyl groups is 3. The molecule has 10 heteroatoms. The van der Waals surface area contributed by atoms with Crippen LogP contribution in [0, 0.1) is 0 Å². The molecule has 0 aliphatic carbocycles. The van der Waals surface area contributed by atoms with Crippen molar-refractivity contribution in [3.05, 3.63) is 29.8 Å². The van der Waals surface area contributed by atoms with Crippen LogP contribution >= 0.6 is 0 Å². The van der Waals surface area contributed by atoms with E-state index in [4.69, 9.17) is 9.57 Å². The summed E-state index contributed by atoms with van der Waals surface area (Å²) < 4.78 is 5.44. The zero-order valence-electron chi connectivity index (χ0n) is 15.5. The smallest absolute Gasteiger partial charge is 0.281 e. The molecule has 0 spiro atoms. The Morgan fingerprint density at radius 1 is 1.32 bits per heavy atom. The number of carbonyl (C=O) groups is 2. The molecule has 5 atom stereocenters. The molecule has 2 aliphatic heterocycles. The molecule has 1 aromatic rings. The predicted octanol–water partition coefficient (Wildman–Crippen LogP) is -1.28. The van der Waals surface area contributed by atoms with Gasteiger partial charge in [-0.25, -0.2) is 0 Å². The highest BCUT2D eigenvalue weighted by Gasteiger charge is 2.46. The summed E-state index contributed by atoms with van der Waals surface area (Å²) in [6.45, 7) is 2.93. The summed E-state index contributed by atoms with van der Waals surface area (Å²) in [6.07, 6.45) is -5.34. The summed E-state index contributed by atoms with van der Waals surface area (Å²) in [7, 11) is 0. The first-order chi connectivity index (χ1) is 13.4. The third-order valence-corrected chi connectivity index (χ3v) is 4.71. The zero-order chi connectivity index (χ0) is 20.4. The van der Waals surface area contributed by atoms with Crippen molar-refractivity contribution in [3.63, 3.8) is 0 Å². The topological polar surface area (TPSA) is 141 Å². The number of hydrogen-bond donors (Lipinski definition) is 4. The number of hydrogen-bond acceptors (Lipinski definition) is 8. The molecule has 0 bridgehead atoms. The van der Waals surface area contributed by atoms with Gasteiger partial charge in [0.1, 0.15) is 24.4 Å². The lowest BCUT2D eigenvalue weighted by atomic mass is 9.97. The summed E-state index contributed by atoms with van der Waals surface area (Å²) in [6, 6.07) is 5.94. The van der Waals surface area contributed by atoms with Crippen LogP contribution in [0.4, 0.5) is 5.69 Å². The number of amides is 2. The van der Waals surface area contributed by atoms with Gasteiger partial charge in [0.2, 0.25) is 12.2 Å². The van der Waals surface area contributed by atoms with Crippen molar-refractivity contribution in [2.24, 2.45) is 5.16 Å². The number of benzene rings is 1. The van der Waals surface area contributed by atoms with Gasteiger partial charge >= 0.3 is 0 Å². The van der Waals surface area contributed by atoms with E-state index in [1.54, 1.807) is 29.2 Å². The average Bonchev–Trinajstić information content (AvgIpc) is 2.95. The van der Waals surface area contributed by atoms with Crippen LogP contribution in [0.5, 0.6) is 0 Å². The number of nitrogens with zero attached hydrogens (tertiary/aromatic N) is 2. The second-order valence-corrected chi connectivity index (χ2v) is 6.54. The molecule has 0 saturated carbocycles. The molecule has 4 N–H and O–H groups in total. The van der Waals surface area contributed by atoms with Gasteiger partial charge in [-0.05, 0) is 13.0 Å². The maximum Gasteiger partial charge on any atom is 0.281 e. The fourth-order valence-corrected chi connectivity index (χ4v) is 3.33. The van der Waals surface area contributed by atoms with E-state index in [1.807, 2.05) is 6.92 Å². The van der Waals surface area contributed by atoms with Crippen LogP contribution < -0.4 is 10.2 Å². The average molecular weight is 393 g/mol. The molecule has 152 valence electrons. The highest BCUT2D eigenvalue weighted by molar-refractivity contribution is 6.54. The van der Waals surface area contributed by atoms with Gasteiger partial charge in [0.25, 0.3) is 5.91 Å². The van der Waals surface area contributed by atoms with E-state index in [-0.39, 0.29) is 11.6 Å². The van der Waals surface area contributed by atoms with Crippen molar-refractivity contribution in [1.82, 2.24) is 5.32 Å². The van der Waals surface area contributed by atoms with Crippen molar-refractivity contribution < 1.29 is 34.5 Å². The van der Waals surface area contributed by atoms with Gasteiger partial charge < -0.3 is 35.1 Å². The Morgan fingerprint density at radius 3 is 2.68 bits per heavy atom. The third-order valence-electron chi connectivity index (χ3n) is 4.71. The maximum atomic E-state index is 12.6. The van der Waals surface area contributed by atoms with E-state index in [1.165, 1.54) is 6.92 Å². The lowest BCUT2D eigenvalue weighted by molar-refractivity contribution is -0.270. The summed E-state index contributed by atoms with van der Waals surface area (Å²) in [5, 5.41) is 36.0. The Balaban J connectivity index is 1.88. The van der Waals surface area contributed by atoms with E-state index < -0.39 is 43.2 Å². The van der Waals surface area contributed by atoms with Crippen molar-refractivity contribution >= 4 is 23.2 Å². The van der Waals surface area contributed by atoms with E-state index in [0.717, 1.165) is 0 Å². The molecule has 3 rings (SSSR count). The Morgan fingerprint density at radius 2 is 2.04 bits per heavy atom. The number of nitrogens with one attached hydrogen (secondary N) is 1. The minimum Gasteiger partial charge on any atom is -0.394 e. The van der Waals surface area contributed by atoms with Crippen LogP contribution in [0.3, 0.4) is 0 Å². The van der Waals surface area contributed by atoms with Crippen molar-refractivity contribution in [2.45, 2.75) is 44.5 Å². The second kappa shape index (κ2) is 8.23. The summed E-state index contributed by atoms with van der Waals surface area (Å²) in [5.74, 6) is -0.835. The number of aliphatic hydroxyl groups excluding tert-OH is 3. The van der Waals surface area contributed by atoms with Gasteiger partial charge in [0.05, 0.1) is 12.3 Å². The lowest BCUT2D eigenvalue weighted by Crippen LogP contribution is -2.64. The van der Waals surface area contributed by atoms with Crippen molar-refractivity contribution in [3.8, 4) is 0 Å². The predicted molar refractivity (Wildman–Crippen MR) is 97.5 cm³/mol. The van der Waals surface area contributed by atoms with E-state index >= 15 is 0 Å². The number of para-hydroxylation sites is 1. The molecule has 2 amide bonds. The molecule has 0 aromatic heterocycles. The first kappa shape index (κ1) is 20.2. The SMILES string of the molecule is CCN1C(=O)/C(=N\O[C@@H]2O[C@@H](CO)[C@@H](O)[C@@H](O)[C@@H]2NC(C)=O)c2ccccc21. The molecule has 1 aromatic carbocycles. The first-order valence-corrected chi connectivity index (χ1v) is 8.93. The number of fused-ring (bicyclic) bond motifs is 1.